The van der Waals surface area contributed by atoms with Crippen LogP contribution in [-0.2, 0) is 14.0 Å². The van der Waals surface area contributed by atoms with E-state index in [2.05, 4.69) is 58.5 Å². The third kappa shape index (κ3) is 5.20. The fourth-order valence-electron chi connectivity index (χ4n) is 4.99. The second kappa shape index (κ2) is 10.4. The van der Waals surface area contributed by atoms with E-state index in [1.165, 1.54) is 22.3 Å². The zero-order valence-electron chi connectivity index (χ0n) is 22.5. The summed E-state index contributed by atoms with van der Waals surface area (Å²) in [4.78, 5) is 12.9. The number of nitrogens with one attached hydrogen (secondary N) is 1. The molecule has 3 aromatic rings. The third-order valence-corrected chi connectivity index (χ3v) is 8.41. The van der Waals surface area contributed by atoms with Gasteiger partial charge in [-0.3, -0.25) is 0 Å². The topological polar surface area (TPSA) is 56.8 Å². The molecule has 5 nitrogen and oxygen atoms in total. The van der Waals surface area contributed by atoms with E-state index >= 15 is 0 Å². The Morgan fingerprint density at radius 1 is 0.974 bits per heavy atom. The van der Waals surface area contributed by atoms with Crippen molar-refractivity contribution >= 4 is 35.2 Å². The van der Waals surface area contributed by atoms with Crippen LogP contribution in [0, 0.1) is 6.92 Å². The molecule has 1 amide bonds. The first-order valence-electron chi connectivity index (χ1n) is 13.0. The number of carbonyl (C=O) groups excluding carboxylic acids is 1. The maximum Gasteiger partial charge on any atom is 0.492 e. The van der Waals surface area contributed by atoms with Gasteiger partial charge in [-0.25, -0.2) is 4.79 Å². The van der Waals surface area contributed by atoms with E-state index in [0.29, 0.717) is 0 Å². The summed E-state index contributed by atoms with van der Waals surface area (Å²) in [5.41, 5.74) is 6.74. The highest BCUT2D eigenvalue weighted by Gasteiger charge is 2.52. The van der Waals surface area contributed by atoms with Crippen molar-refractivity contribution in [3.63, 3.8) is 0 Å². The summed E-state index contributed by atoms with van der Waals surface area (Å²) in [6.45, 7) is 10.6. The van der Waals surface area contributed by atoms with Crippen LogP contribution in [0.3, 0.4) is 0 Å². The Hall–Kier alpha value is -2.87. The van der Waals surface area contributed by atoms with Crippen LogP contribution in [0.4, 0.5) is 4.79 Å². The van der Waals surface area contributed by atoms with Gasteiger partial charge in [-0.15, -0.1) is 0 Å². The highest BCUT2D eigenvalue weighted by Crippen LogP contribution is 2.44. The molecule has 38 heavy (non-hydrogen) atoms. The first-order chi connectivity index (χ1) is 18.1. The Labute approximate surface area is 233 Å². The van der Waals surface area contributed by atoms with Crippen molar-refractivity contribution in [2.75, 3.05) is 13.2 Å². The van der Waals surface area contributed by atoms with Crippen LogP contribution < -0.4 is 5.32 Å². The molecule has 0 radical (unpaired) electrons. The number of halogens is 1. The average Bonchev–Trinajstić information content (AvgIpc) is 3.31. The highest BCUT2D eigenvalue weighted by molar-refractivity contribution is 9.10. The molecule has 0 spiro atoms. The monoisotopic (exact) mass is 573 g/mol. The summed E-state index contributed by atoms with van der Waals surface area (Å²) >= 11 is 3.56. The molecule has 0 bridgehead atoms. The van der Waals surface area contributed by atoms with E-state index in [4.69, 9.17) is 14.0 Å². The third-order valence-electron chi connectivity index (χ3n) is 7.92. The van der Waals surface area contributed by atoms with Gasteiger partial charge in [0.15, 0.2) is 0 Å². The molecule has 3 aromatic carbocycles. The van der Waals surface area contributed by atoms with Gasteiger partial charge >= 0.3 is 13.2 Å². The Kier molecular flexibility index (Phi) is 7.29. The van der Waals surface area contributed by atoms with Crippen LogP contribution in [0.2, 0.25) is 0 Å². The molecule has 1 aliphatic heterocycles. The standard InChI is InChI=1S/C31H33BBrNO4/c1-20-14-15-23(33)17-21(20)16-22(32-37-30(2,3)31(4,5)38-32)18-34-29(35)36-19-28-26-12-8-6-10-24(26)25-11-7-9-13-27(25)28/h6-17,28H,18-19H2,1-5H3,(H,34,35). The van der Waals surface area contributed by atoms with Crippen LogP contribution in [-0.4, -0.2) is 37.6 Å². The minimum absolute atomic E-state index is 0.00979. The molecule has 0 aromatic heterocycles. The van der Waals surface area contributed by atoms with Crippen molar-refractivity contribution in [2.24, 2.45) is 0 Å². The van der Waals surface area contributed by atoms with Crippen molar-refractivity contribution in [3.8, 4) is 11.1 Å². The zero-order valence-corrected chi connectivity index (χ0v) is 24.1. The summed E-state index contributed by atoms with van der Waals surface area (Å²) in [5, 5.41) is 2.94. The quantitative estimate of drug-likeness (QED) is 0.314. The predicted octanol–water partition coefficient (Wildman–Crippen LogP) is 7.31. The maximum atomic E-state index is 12.9. The van der Waals surface area contributed by atoms with E-state index in [0.717, 1.165) is 21.1 Å². The first kappa shape index (κ1) is 26.7. The van der Waals surface area contributed by atoms with Gasteiger partial charge in [-0.1, -0.05) is 76.6 Å². The van der Waals surface area contributed by atoms with E-state index in [9.17, 15) is 4.79 Å². The molecule has 1 heterocycles. The molecule has 2 aliphatic rings. The minimum Gasteiger partial charge on any atom is -0.449 e. The zero-order chi connectivity index (χ0) is 27.1. The second-order valence-corrected chi connectivity index (χ2v) is 11.9. The van der Waals surface area contributed by atoms with Crippen LogP contribution in [0.5, 0.6) is 0 Å². The molecular weight excluding hydrogens is 541 g/mol. The van der Waals surface area contributed by atoms with Crippen molar-refractivity contribution in [3.05, 3.63) is 98.9 Å². The molecule has 0 unspecified atom stereocenters. The van der Waals surface area contributed by atoms with Crippen LogP contribution >= 0.6 is 15.9 Å². The molecule has 1 N–H and O–H groups in total. The van der Waals surface area contributed by atoms with E-state index in [-0.39, 0.29) is 19.1 Å². The Bertz CT molecular complexity index is 1340. The van der Waals surface area contributed by atoms with Crippen molar-refractivity contribution in [1.82, 2.24) is 5.32 Å². The summed E-state index contributed by atoms with van der Waals surface area (Å²) < 4.78 is 19.4. The van der Waals surface area contributed by atoms with Gasteiger partial charge in [0.05, 0.1) is 11.2 Å². The molecule has 196 valence electrons. The fraction of sp³-hybridized carbons (Fsp3) is 0.323. The Morgan fingerprint density at radius 3 is 2.16 bits per heavy atom. The lowest BCUT2D eigenvalue weighted by molar-refractivity contribution is 0.00578. The van der Waals surface area contributed by atoms with Gasteiger partial charge < -0.3 is 19.4 Å². The largest absolute Gasteiger partial charge is 0.492 e. The number of carbonyl (C=O) groups is 1. The smallest absolute Gasteiger partial charge is 0.449 e. The molecule has 0 atom stereocenters. The minimum atomic E-state index is -0.590. The van der Waals surface area contributed by atoms with Crippen molar-refractivity contribution in [2.45, 2.75) is 51.7 Å². The number of rotatable bonds is 6. The van der Waals surface area contributed by atoms with Gasteiger partial charge in [-0.05, 0) is 85.6 Å². The van der Waals surface area contributed by atoms with Crippen LogP contribution in [0.15, 0.2) is 76.7 Å². The van der Waals surface area contributed by atoms with Gasteiger partial charge in [0.25, 0.3) is 0 Å². The average molecular weight is 574 g/mol. The van der Waals surface area contributed by atoms with Crippen molar-refractivity contribution in [1.29, 1.82) is 0 Å². The molecule has 1 saturated heterocycles. The van der Waals surface area contributed by atoms with Crippen molar-refractivity contribution < 1.29 is 18.8 Å². The predicted molar refractivity (Wildman–Crippen MR) is 156 cm³/mol. The number of hydrogen-bond acceptors (Lipinski definition) is 4. The number of benzene rings is 3. The molecule has 1 aliphatic carbocycles. The van der Waals surface area contributed by atoms with E-state index in [1.807, 2.05) is 70.2 Å². The fourth-order valence-corrected chi connectivity index (χ4v) is 5.37. The number of ether oxygens (including phenoxy) is 1. The maximum absolute atomic E-state index is 12.9. The van der Waals surface area contributed by atoms with Gasteiger partial charge in [0.1, 0.15) is 6.61 Å². The molecule has 1 fully saturated rings. The van der Waals surface area contributed by atoms with E-state index in [1.54, 1.807) is 0 Å². The van der Waals surface area contributed by atoms with Gasteiger partial charge in [0, 0.05) is 16.9 Å². The first-order valence-corrected chi connectivity index (χ1v) is 13.8. The highest BCUT2D eigenvalue weighted by atomic mass is 79.9. The lowest BCUT2D eigenvalue weighted by Crippen LogP contribution is -2.41. The SMILES string of the molecule is Cc1ccc(Br)cc1C=C(CNC(=O)OCC1c2ccccc2-c2ccccc21)B1OC(C)(C)C(C)(C)O1. The molecule has 5 rings (SSSR count). The number of fused-ring (bicyclic) bond motifs is 3. The number of aryl methyl sites for hydroxylation is 1. The van der Waals surface area contributed by atoms with Crippen LogP contribution in [0.25, 0.3) is 17.2 Å². The summed E-state index contributed by atoms with van der Waals surface area (Å²) in [7, 11) is -0.590. The number of amides is 1. The normalized spacial score (nSPS) is 17.7. The summed E-state index contributed by atoms with van der Waals surface area (Å²) in [6, 6.07) is 22.7. The molecule has 7 heteroatoms. The Balaban J connectivity index is 1.31. The Morgan fingerprint density at radius 2 is 1.55 bits per heavy atom. The summed E-state index contributed by atoms with van der Waals surface area (Å²) in [6.07, 6.45) is 1.56. The van der Waals surface area contributed by atoms with Crippen LogP contribution in [0.1, 0.15) is 55.9 Å². The summed E-state index contributed by atoms with van der Waals surface area (Å²) in [5.74, 6) is 0.00979. The lowest BCUT2D eigenvalue weighted by atomic mass is 9.76. The lowest BCUT2D eigenvalue weighted by Gasteiger charge is -2.32. The molecule has 0 saturated carbocycles. The number of hydrogen-bond donors (Lipinski definition) is 1. The van der Waals surface area contributed by atoms with Gasteiger partial charge in [0.2, 0.25) is 0 Å². The molecular formula is C31H33BBrNO4. The number of alkyl carbamates (subject to hydrolysis) is 1. The second-order valence-electron chi connectivity index (χ2n) is 11.0. The van der Waals surface area contributed by atoms with E-state index < -0.39 is 24.4 Å². The van der Waals surface area contributed by atoms with Gasteiger partial charge in [-0.2, -0.15) is 0 Å².